The fraction of sp³-hybridized carbons (Fsp3) is 0.929. The van der Waals surface area contributed by atoms with Crippen LogP contribution in [-0.2, 0) is 4.79 Å². The first-order chi connectivity index (χ1) is 7.73. The molecule has 0 aromatic carbocycles. The van der Waals surface area contributed by atoms with Gasteiger partial charge >= 0.3 is 0 Å². The Morgan fingerprint density at radius 3 is 2.38 bits per heavy atom. The summed E-state index contributed by atoms with van der Waals surface area (Å²) in [6.45, 7) is 4.00. The Morgan fingerprint density at radius 1 is 1.19 bits per heavy atom. The highest BCUT2D eigenvalue weighted by molar-refractivity contribution is 5.76. The monoisotopic (exact) mass is 223 g/mol. The molecule has 2 rings (SSSR count). The molecule has 2 aliphatic rings. The minimum Gasteiger partial charge on any atom is -0.317 e. The minimum absolute atomic E-state index is 0.359. The lowest BCUT2D eigenvalue weighted by Gasteiger charge is -2.45. The Morgan fingerprint density at radius 2 is 1.81 bits per heavy atom. The molecule has 1 heterocycles. The van der Waals surface area contributed by atoms with E-state index in [2.05, 4.69) is 5.32 Å². The quantitative estimate of drug-likeness (QED) is 0.797. The number of ketones is 1. The zero-order chi connectivity index (χ0) is 11.4. The van der Waals surface area contributed by atoms with Gasteiger partial charge in [0, 0.05) is 6.42 Å². The molecule has 0 aromatic heterocycles. The van der Waals surface area contributed by atoms with Crippen molar-refractivity contribution in [1.82, 2.24) is 5.32 Å². The number of carbonyl (C=O) groups excluding carboxylic acids is 1. The van der Waals surface area contributed by atoms with E-state index in [9.17, 15) is 4.79 Å². The molecule has 1 saturated carbocycles. The van der Waals surface area contributed by atoms with Gasteiger partial charge < -0.3 is 10.1 Å². The lowest BCUT2D eigenvalue weighted by atomic mass is 9.62. The highest BCUT2D eigenvalue weighted by Crippen LogP contribution is 2.47. The van der Waals surface area contributed by atoms with E-state index >= 15 is 0 Å². The van der Waals surface area contributed by atoms with Crippen LogP contribution >= 0.6 is 0 Å². The fourth-order valence-electron chi connectivity index (χ4n) is 3.86. The normalized spacial score (nSPS) is 26.6. The molecular formula is C14H25NO. The van der Waals surface area contributed by atoms with E-state index in [-0.39, 0.29) is 0 Å². The first-order valence-electron chi connectivity index (χ1n) is 6.93. The van der Waals surface area contributed by atoms with Gasteiger partial charge in [-0.15, -0.1) is 0 Å². The van der Waals surface area contributed by atoms with Crippen molar-refractivity contribution in [2.45, 2.75) is 58.3 Å². The highest BCUT2D eigenvalue weighted by atomic mass is 16.1. The molecule has 0 spiro atoms. The zero-order valence-corrected chi connectivity index (χ0v) is 10.6. The molecular weight excluding hydrogens is 198 g/mol. The van der Waals surface area contributed by atoms with Gasteiger partial charge in [0.05, 0.1) is 0 Å². The van der Waals surface area contributed by atoms with Gasteiger partial charge in [0.25, 0.3) is 0 Å². The number of Topliss-reactive ketones (excluding diaryl/α,β-unsaturated/α-hetero) is 1. The molecule has 16 heavy (non-hydrogen) atoms. The molecule has 2 nitrogen and oxygen atoms in total. The standard InChI is InChI=1S/C14H25NO/c1-12(16)11-14(7-9-15-10-8-14)13-5-3-2-4-6-13/h13,15H,2-11H2,1H3. The second kappa shape index (κ2) is 5.31. The average molecular weight is 223 g/mol. The molecule has 1 aliphatic heterocycles. The van der Waals surface area contributed by atoms with Crippen LogP contribution in [0.5, 0.6) is 0 Å². The Labute approximate surface area is 99.2 Å². The van der Waals surface area contributed by atoms with E-state index in [1.54, 1.807) is 6.92 Å². The van der Waals surface area contributed by atoms with Gasteiger partial charge in [-0.1, -0.05) is 19.3 Å². The molecule has 0 amide bonds. The van der Waals surface area contributed by atoms with Crippen LogP contribution in [-0.4, -0.2) is 18.9 Å². The molecule has 0 bridgehead atoms. The minimum atomic E-state index is 0.359. The maximum Gasteiger partial charge on any atom is 0.130 e. The van der Waals surface area contributed by atoms with Crippen molar-refractivity contribution in [3.8, 4) is 0 Å². The van der Waals surface area contributed by atoms with Crippen molar-refractivity contribution in [3.05, 3.63) is 0 Å². The van der Waals surface area contributed by atoms with Gasteiger partial charge in [-0.05, 0) is 57.0 Å². The van der Waals surface area contributed by atoms with Crippen molar-refractivity contribution in [2.75, 3.05) is 13.1 Å². The first kappa shape index (κ1) is 12.1. The van der Waals surface area contributed by atoms with E-state index in [0.29, 0.717) is 11.2 Å². The van der Waals surface area contributed by atoms with Gasteiger partial charge in [0.15, 0.2) is 0 Å². The van der Waals surface area contributed by atoms with Crippen LogP contribution in [0, 0.1) is 11.3 Å². The van der Waals surface area contributed by atoms with Gasteiger partial charge in [-0.3, -0.25) is 0 Å². The van der Waals surface area contributed by atoms with E-state index < -0.39 is 0 Å². The third-order valence-corrected chi connectivity index (χ3v) is 4.67. The van der Waals surface area contributed by atoms with Crippen molar-refractivity contribution in [3.63, 3.8) is 0 Å². The Bertz CT molecular complexity index is 237. The van der Waals surface area contributed by atoms with E-state index in [1.807, 2.05) is 0 Å². The predicted molar refractivity (Wildman–Crippen MR) is 66.4 cm³/mol. The van der Waals surface area contributed by atoms with Crippen LogP contribution in [0.4, 0.5) is 0 Å². The summed E-state index contributed by atoms with van der Waals surface area (Å²) < 4.78 is 0. The molecule has 1 aliphatic carbocycles. The molecule has 2 fully saturated rings. The summed E-state index contributed by atoms with van der Waals surface area (Å²) in [5, 5.41) is 3.44. The number of nitrogens with one attached hydrogen (secondary N) is 1. The van der Waals surface area contributed by atoms with Gasteiger partial charge in [-0.25, -0.2) is 0 Å². The SMILES string of the molecule is CC(=O)CC1(C2CCCCC2)CCNCC1. The van der Waals surface area contributed by atoms with Crippen molar-refractivity contribution in [1.29, 1.82) is 0 Å². The highest BCUT2D eigenvalue weighted by Gasteiger charge is 2.40. The largest absolute Gasteiger partial charge is 0.317 e. The second-order valence-corrected chi connectivity index (χ2v) is 5.83. The van der Waals surface area contributed by atoms with Crippen LogP contribution in [0.15, 0.2) is 0 Å². The Kier molecular flexibility index (Phi) is 4.01. The van der Waals surface area contributed by atoms with Gasteiger partial charge in [0.2, 0.25) is 0 Å². The summed E-state index contributed by atoms with van der Waals surface area (Å²) in [4.78, 5) is 11.5. The van der Waals surface area contributed by atoms with Crippen molar-refractivity contribution >= 4 is 5.78 Å². The first-order valence-corrected chi connectivity index (χ1v) is 6.93. The summed E-state index contributed by atoms with van der Waals surface area (Å²) >= 11 is 0. The molecule has 2 heteroatoms. The maximum absolute atomic E-state index is 11.5. The topological polar surface area (TPSA) is 29.1 Å². The number of hydrogen-bond acceptors (Lipinski definition) is 2. The Hall–Kier alpha value is -0.370. The summed E-state index contributed by atoms with van der Waals surface area (Å²) in [6.07, 6.45) is 10.2. The smallest absolute Gasteiger partial charge is 0.130 e. The average Bonchev–Trinajstić information content (AvgIpc) is 2.30. The second-order valence-electron chi connectivity index (χ2n) is 5.83. The van der Waals surface area contributed by atoms with Crippen molar-refractivity contribution in [2.24, 2.45) is 11.3 Å². The number of carbonyl (C=O) groups is 1. The maximum atomic E-state index is 11.5. The predicted octanol–water partition coefficient (Wildman–Crippen LogP) is 2.92. The number of rotatable bonds is 3. The van der Waals surface area contributed by atoms with E-state index in [1.165, 1.54) is 44.9 Å². The summed E-state index contributed by atoms with van der Waals surface area (Å²) in [7, 11) is 0. The van der Waals surface area contributed by atoms with E-state index in [0.717, 1.165) is 25.4 Å². The molecule has 0 radical (unpaired) electrons. The molecule has 0 unspecified atom stereocenters. The van der Waals surface area contributed by atoms with E-state index in [4.69, 9.17) is 0 Å². The fourth-order valence-corrected chi connectivity index (χ4v) is 3.86. The summed E-state index contributed by atoms with van der Waals surface area (Å²) in [5.74, 6) is 1.22. The molecule has 0 atom stereocenters. The van der Waals surface area contributed by atoms with Crippen LogP contribution in [0.3, 0.4) is 0 Å². The zero-order valence-electron chi connectivity index (χ0n) is 10.6. The summed E-state index contributed by atoms with van der Waals surface area (Å²) in [6, 6.07) is 0. The lowest BCUT2D eigenvalue weighted by Crippen LogP contribution is -2.43. The molecule has 1 N–H and O–H groups in total. The third kappa shape index (κ3) is 2.65. The van der Waals surface area contributed by atoms with Crippen LogP contribution in [0.1, 0.15) is 58.3 Å². The van der Waals surface area contributed by atoms with Gasteiger partial charge in [-0.2, -0.15) is 0 Å². The Balaban J connectivity index is 2.07. The van der Waals surface area contributed by atoms with Crippen LogP contribution in [0.25, 0.3) is 0 Å². The number of hydrogen-bond donors (Lipinski definition) is 1. The molecule has 0 aromatic rings. The third-order valence-electron chi connectivity index (χ3n) is 4.67. The lowest BCUT2D eigenvalue weighted by molar-refractivity contribution is -0.121. The van der Waals surface area contributed by atoms with Gasteiger partial charge in [0.1, 0.15) is 5.78 Å². The van der Waals surface area contributed by atoms with Crippen molar-refractivity contribution < 1.29 is 4.79 Å². The number of piperidine rings is 1. The summed E-state index contributed by atoms with van der Waals surface area (Å²) in [5.41, 5.74) is 0.359. The van der Waals surface area contributed by atoms with Crippen LogP contribution in [0.2, 0.25) is 0 Å². The molecule has 1 saturated heterocycles. The van der Waals surface area contributed by atoms with Crippen LogP contribution < -0.4 is 5.32 Å². The molecule has 92 valence electrons.